The molecule has 2 N–H and O–H groups in total. The minimum Gasteiger partial charge on any atom is -0.497 e. The Kier molecular flexibility index (Phi) is 3.52. The molecule has 94 valence electrons. The Hall–Kier alpha value is -2.43. The number of nitrogens with one attached hydrogen (secondary N) is 1. The first-order valence-electron chi connectivity index (χ1n) is 5.38. The lowest BCUT2D eigenvalue weighted by molar-refractivity contribution is 0.0698. The summed E-state index contributed by atoms with van der Waals surface area (Å²) in [6, 6.07) is 8.36. The first kappa shape index (κ1) is 12.0. The van der Waals surface area contributed by atoms with Crippen molar-refractivity contribution in [1.82, 2.24) is 0 Å². The molecule has 0 spiro atoms. The summed E-state index contributed by atoms with van der Waals surface area (Å²) in [5, 5.41) is 12.1. The highest BCUT2D eigenvalue weighted by Gasteiger charge is 2.11. The summed E-state index contributed by atoms with van der Waals surface area (Å²) in [6.07, 6.45) is 1.57. The van der Waals surface area contributed by atoms with Gasteiger partial charge in [-0.05, 0) is 24.3 Å². The second-order valence-electron chi connectivity index (χ2n) is 3.65. The minimum atomic E-state index is -0.986. The Morgan fingerprint density at radius 2 is 2.28 bits per heavy atom. The summed E-state index contributed by atoms with van der Waals surface area (Å²) in [4.78, 5) is 11.1. The molecule has 5 heteroatoms. The van der Waals surface area contributed by atoms with Gasteiger partial charge in [-0.1, -0.05) is 0 Å². The van der Waals surface area contributed by atoms with Crippen LogP contribution in [0, 0.1) is 0 Å². The molecule has 0 fully saturated rings. The van der Waals surface area contributed by atoms with Gasteiger partial charge in [0, 0.05) is 6.07 Å². The number of carboxylic acid groups (broad SMARTS) is 1. The highest BCUT2D eigenvalue weighted by Crippen LogP contribution is 2.23. The third-order valence-corrected chi connectivity index (χ3v) is 2.49. The topological polar surface area (TPSA) is 71.7 Å². The van der Waals surface area contributed by atoms with Crippen molar-refractivity contribution in [3.8, 4) is 5.75 Å². The first-order valence-corrected chi connectivity index (χ1v) is 5.38. The van der Waals surface area contributed by atoms with Crippen LogP contribution in [0.1, 0.15) is 16.1 Å². The highest BCUT2D eigenvalue weighted by atomic mass is 16.5. The van der Waals surface area contributed by atoms with Crippen LogP contribution in [0.25, 0.3) is 0 Å². The number of carbonyl (C=O) groups is 1. The summed E-state index contributed by atoms with van der Waals surface area (Å²) < 4.78 is 10.2. The quantitative estimate of drug-likeness (QED) is 0.849. The number of hydrogen-bond donors (Lipinski definition) is 2. The first-order chi connectivity index (χ1) is 8.70. The lowest BCUT2D eigenvalue weighted by atomic mass is 10.1. The number of benzene rings is 1. The summed E-state index contributed by atoms with van der Waals surface area (Å²) in [5.74, 6) is 0.343. The van der Waals surface area contributed by atoms with Gasteiger partial charge in [0.25, 0.3) is 0 Å². The van der Waals surface area contributed by atoms with Crippen molar-refractivity contribution in [3.63, 3.8) is 0 Å². The Morgan fingerprint density at radius 3 is 2.89 bits per heavy atom. The molecular formula is C13H13NO4. The molecule has 0 amide bonds. The number of anilines is 1. The van der Waals surface area contributed by atoms with Crippen LogP contribution in [-0.4, -0.2) is 18.2 Å². The van der Waals surface area contributed by atoms with Gasteiger partial charge < -0.3 is 19.6 Å². The predicted molar refractivity (Wildman–Crippen MR) is 66.0 cm³/mol. The Labute approximate surface area is 104 Å². The van der Waals surface area contributed by atoms with Crippen LogP contribution < -0.4 is 10.1 Å². The molecule has 1 heterocycles. The van der Waals surface area contributed by atoms with E-state index >= 15 is 0 Å². The Balaban J connectivity index is 2.20. The van der Waals surface area contributed by atoms with Crippen LogP contribution in [-0.2, 0) is 6.54 Å². The van der Waals surface area contributed by atoms with Crippen LogP contribution in [0.15, 0.2) is 41.0 Å². The zero-order chi connectivity index (χ0) is 13.0. The SMILES string of the molecule is COc1ccc(C(=O)O)c(NCc2ccco2)c1. The second-order valence-corrected chi connectivity index (χ2v) is 3.65. The normalized spacial score (nSPS) is 10.1. The van der Waals surface area contributed by atoms with Gasteiger partial charge in [0.2, 0.25) is 0 Å². The molecule has 0 aliphatic heterocycles. The number of carboxylic acids is 1. The van der Waals surface area contributed by atoms with Gasteiger partial charge in [0.15, 0.2) is 0 Å². The summed E-state index contributed by atoms with van der Waals surface area (Å²) in [6.45, 7) is 0.417. The molecule has 1 aromatic heterocycles. The van der Waals surface area contributed by atoms with E-state index in [-0.39, 0.29) is 5.56 Å². The fraction of sp³-hybridized carbons (Fsp3) is 0.154. The smallest absolute Gasteiger partial charge is 0.337 e. The maximum absolute atomic E-state index is 11.1. The lowest BCUT2D eigenvalue weighted by Gasteiger charge is -2.10. The highest BCUT2D eigenvalue weighted by molar-refractivity contribution is 5.94. The fourth-order valence-corrected chi connectivity index (χ4v) is 1.58. The van der Waals surface area contributed by atoms with Crippen LogP contribution in [0.3, 0.4) is 0 Å². The van der Waals surface area contributed by atoms with Crippen molar-refractivity contribution < 1.29 is 19.1 Å². The Bertz CT molecular complexity index is 534. The molecule has 0 atom stereocenters. The lowest BCUT2D eigenvalue weighted by Crippen LogP contribution is -2.06. The molecule has 0 unspecified atom stereocenters. The molecule has 0 radical (unpaired) electrons. The Morgan fingerprint density at radius 1 is 1.44 bits per heavy atom. The number of furan rings is 1. The van der Waals surface area contributed by atoms with Crippen LogP contribution in [0.5, 0.6) is 5.75 Å². The predicted octanol–water partition coefficient (Wildman–Crippen LogP) is 2.60. The maximum Gasteiger partial charge on any atom is 0.337 e. The molecule has 0 aliphatic rings. The maximum atomic E-state index is 11.1. The second kappa shape index (κ2) is 5.27. The van der Waals surface area contributed by atoms with Gasteiger partial charge in [-0.2, -0.15) is 0 Å². The van der Waals surface area contributed by atoms with E-state index in [9.17, 15) is 4.79 Å². The van der Waals surface area contributed by atoms with E-state index < -0.39 is 5.97 Å². The average Bonchev–Trinajstić information content (AvgIpc) is 2.88. The molecule has 0 aliphatic carbocycles. The van der Waals surface area contributed by atoms with Crippen LogP contribution in [0.4, 0.5) is 5.69 Å². The number of hydrogen-bond acceptors (Lipinski definition) is 4. The van der Waals surface area contributed by atoms with Gasteiger partial charge in [-0.3, -0.25) is 0 Å². The molecule has 5 nitrogen and oxygen atoms in total. The molecular weight excluding hydrogens is 234 g/mol. The van der Waals surface area contributed by atoms with E-state index in [0.29, 0.717) is 18.0 Å². The van der Waals surface area contributed by atoms with E-state index in [0.717, 1.165) is 5.76 Å². The number of ether oxygens (including phenoxy) is 1. The summed E-state index contributed by atoms with van der Waals surface area (Å²) in [5.41, 5.74) is 0.695. The van der Waals surface area contributed by atoms with Crippen molar-refractivity contribution >= 4 is 11.7 Å². The van der Waals surface area contributed by atoms with Crippen molar-refractivity contribution in [2.45, 2.75) is 6.54 Å². The fourth-order valence-electron chi connectivity index (χ4n) is 1.58. The monoisotopic (exact) mass is 247 g/mol. The summed E-state index contributed by atoms with van der Waals surface area (Å²) in [7, 11) is 1.53. The number of aromatic carboxylic acids is 1. The van der Waals surface area contributed by atoms with Gasteiger partial charge in [0.1, 0.15) is 11.5 Å². The van der Waals surface area contributed by atoms with Gasteiger partial charge in [0.05, 0.1) is 31.2 Å². The van der Waals surface area contributed by atoms with Gasteiger partial charge in [-0.25, -0.2) is 4.79 Å². The molecule has 0 bridgehead atoms. The summed E-state index contributed by atoms with van der Waals surface area (Å²) >= 11 is 0. The van der Waals surface area contributed by atoms with E-state index in [1.807, 2.05) is 6.07 Å². The zero-order valence-corrected chi connectivity index (χ0v) is 9.84. The van der Waals surface area contributed by atoms with Crippen LogP contribution >= 0.6 is 0 Å². The third-order valence-electron chi connectivity index (χ3n) is 2.49. The minimum absolute atomic E-state index is 0.197. The molecule has 2 rings (SSSR count). The molecule has 18 heavy (non-hydrogen) atoms. The molecule has 2 aromatic rings. The molecule has 0 saturated heterocycles. The van der Waals surface area contributed by atoms with Crippen molar-refractivity contribution in [3.05, 3.63) is 47.9 Å². The largest absolute Gasteiger partial charge is 0.497 e. The van der Waals surface area contributed by atoms with Gasteiger partial charge >= 0.3 is 5.97 Å². The van der Waals surface area contributed by atoms with E-state index in [4.69, 9.17) is 14.3 Å². The number of rotatable bonds is 5. The number of methoxy groups -OCH3 is 1. The van der Waals surface area contributed by atoms with Crippen molar-refractivity contribution in [1.29, 1.82) is 0 Å². The van der Waals surface area contributed by atoms with E-state index in [1.165, 1.54) is 13.2 Å². The average molecular weight is 247 g/mol. The standard InChI is InChI=1S/C13H13NO4/c1-17-9-4-5-11(13(15)16)12(7-9)14-8-10-3-2-6-18-10/h2-7,14H,8H2,1H3,(H,15,16). The third kappa shape index (κ3) is 2.63. The van der Waals surface area contributed by atoms with E-state index in [2.05, 4.69) is 5.32 Å². The molecule has 1 aromatic carbocycles. The van der Waals surface area contributed by atoms with E-state index in [1.54, 1.807) is 24.5 Å². The van der Waals surface area contributed by atoms with Gasteiger partial charge in [-0.15, -0.1) is 0 Å². The molecule has 0 saturated carbocycles. The zero-order valence-electron chi connectivity index (χ0n) is 9.84. The van der Waals surface area contributed by atoms with Crippen molar-refractivity contribution in [2.75, 3.05) is 12.4 Å². The van der Waals surface area contributed by atoms with Crippen molar-refractivity contribution in [2.24, 2.45) is 0 Å². The van der Waals surface area contributed by atoms with Crippen LogP contribution in [0.2, 0.25) is 0 Å².